The molecule has 0 radical (unpaired) electrons. The second-order valence-electron chi connectivity index (χ2n) is 7.59. The number of aromatic hydroxyl groups is 4. The SMILES string of the molecule is CS(=O)(=O)Nc1cc(O)c(C2C([O-])C(c3c(O)cc(NS(C)(=O)=O)cc3O)C2[O-])c(O)c1. The van der Waals surface area contributed by atoms with Crippen molar-refractivity contribution in [2.24, 2.45) is 0 Å². The van der Waals surface area contributed by atoms with E-state index in [0.717, 1.165) is 36.8 Å². The van der Waals surface area contributed by atoms with Gasteiger partial charge in [-0.25, -0.2) is 16.8 Å². The minimum Gasteiger partial charge on any atom is -0.851 e. The van der Waals surface area contributed by atoms with Gasteiger partial charge in [0.25, 0.3) is 0 Å². The number of phenolic OH excluding ortho intramolecular Hbond substituents is 4. The molecule has 0 aliphatic heterocycles. The van der Waals surface area contributed by atoms with E-state index in [2.05, 4.69) is 0 Å². The Balaban J connectivity index is 1.93. The van der Waals surface area contributed by atoms with Crippen LogP contribution in [0.1, 0.15) is 23.0 Å². The van der Waals surface area contributed by atoms with E-state index < -0.39 is 67.1 Å². The molecule has 12 nitrogen and oxygen atoms in total. The number of phenols is 4. The van der Waals surface area contributed by atoms with Crippen LogP contribution in [0.4, 0.5) is 11.4 Å². The number of benzene rings is 2. The molecule has 0 heterocycles. The number of sulfonamides is 2. The Hall–Kier alpha value is -2.94. The average Bonchev–Trinajstić information content (AvgIpc) is 2.58. The zero-order valence-electron chi connectivity index (χ0n) is 16.7. The predicted octanol–water partition coefficient (Wildman–Crippen LogP) is -1.41. The molecule has 0 saturated heterocycles. The summed E-state index contributed by atoms with van der Waals surface area (Å²) in [6.45, 7) is 0. The number of hydrogen-bond donors (Lipinski definition) is 6. The molecular formula is C18H20N2O10S2-2. The van der Waals surface area contributed by atoms with Crippen molar-refractivity contribution in [2.75, 3.05) is 22.0 Å². The van der Waals surface area contributed by atoms with Crippen LogP contribution in [0, 0.1) is 0 Å². The summed E-state index contributed by atoms with van der Waals surface area (Å²) in [4.78, 5) is 0. The highest BCUT2D eigenvalue weighted by molar-refractivity contribution is 7.92. The van der Waals surface area contributed by atoms with Crippen molar-refractivity contribution in [2.45, 2.75) is 24.0 Å². The highest BCUT2D eigenvalue weighted by Gasteiger charge is 2.43. The van der Waals surface area contributed by atoms with Crippen molar-refractivity contribution in [3.8, 4) is 23.0 Å². The fraction of sp³-hybridized carbons (Fsp3) is 0.333. The third-order valence-corrected chi connectivity index (χ3v) is 6.17. The minimum absolute atomic E-state index is 0.184. The van der Waals surface area contributed by atoms with Crippen molar-refractivity contribution >= 4 is 31.4 Å². The maximum atomic E-state index is 12.8. The zero-order valence-corrected chi connectivity index (χ0v) is 18.3. The standard InChI is InChI=1S/C18H20N2O10S2/c1-31(27,28)19-7-3-9(21)13(10(22)4-7)15-17(25)16(18(15)26)14-11(23)5-8(6-12(14)24)20-32(2,29)30/h3-6,15-24H,1-2H3/q-2. The third kappa shape index (κ3) is 4.62. The monoisotopic (exact) mass is 488 g/mol. The zero-order chi connectivity index (χ0) is 24.2. The van der Waals surface area contributed by atoms with E-state index in [4.69, 9.17) is 0 Å². The first-order chi connectivity index (χ1) is 14.6. The van der Waals surface area contributed by atoms with E-state index in [0.29, 0.717) is 0 Å². The Bertz CT molecular complexity index is 1120. The molecule has 2 aromatic carbocycles. The van der Waals surface area contributed by atoms with Gasteiger partial charge in [-0.3, -0.25) is 9.44 Å². The van der Waals surface area contributed by atoms with Gasteiger partial charge in [-0.15, -0.1) is 12.2 Å². The van der Waals surface area contributed by atoms with Gasteiger partial charge in [0.1, 0.15) is 23.0 Å². The summed E-state index contributed by atoms with van der Waals surface area (Å²) in [7, 11) is -7.44. The average molecular weight is 488 g/mol. The van der Waals surface area contributed by atoms with Crippen LogP contribution in [0.15, 0.2) is 24.3 Å². The van der Waals surface area contributed by atoms with Crippen molar-refractivity contribution in [1.82, 2.24) is 0 Å². The van der Waals surface area contributed by atoms with Gasteiger partial charge in [0, 0.05) is 35.4 Å². The highest BCUT2D eigenvalue weighted by atomic mass is 32.2. The van der Waals surface area contributed by atoms with E-state index in [1.54, 1.807) is 0 Å². The van der Waals surface area contributed by atoms with Crippen LogP contribution in [0.3, 0.4) is 0 Å². The number of hydrogen-bond acceptors (Lipinski definition) is 10. The highest BCUT2D eigenvalue weighted by Crippen LogP contribution is 2.54. The molecule has 0 spiro atoms. The van der Waals surface area contributed by atoms with Crippen LogP contribution >= 0.6 is 0 Å². The molecule has 1 saturated carbocycles. The van der Waals surface area contributed by atoms with E-state index in [1.165, 1.54) is 0 Å². The summed E-state index contributed by atoms with van der Waals surface area (Å²) in [5.41, 5.74) is -1.13. The predicted molar refractivity (Wildman–Crippen MR) is 110 cm³/mol. The van der Waals surface area contributed by atoms with Gasteiger partial charge < -0.3 is 30.6 Å². The van der Waals surface area contributed by atoms with E-state index >= 15 is 0 Å². The van der Waals surface area contributed by atoms with Crippen molar-refractivity contribution in [3.63, 3.8) is 0 Å². The Labute approximate surface area is 183 Å². The summed E-state index contributed by atoms with van der Waals surface area (Å²) in [6.07, 6.45) is -1.90. The van der Waals surface area contributed by atoms with Crippen LogP contribution in [-0.2, 0) is 20.0 Å². The van der Waals surface area contributed by atoms with Crippen LogP contribution in [0.5, 0.6) is 23.0 Å². The molecule has 3 rings (SSSR count). The topological polar surface area (TPSA) is 219 Å². The van der Waals surface area contributed by atoms with Gasteiger partial charge in [-0.1, -0.05) is 0 Å². The molecule has 1 aliphatic rings. The maximum absolute atomic E-state index is 12.8. The minimum atomic E-state index is -3.72. The fourth-order valence-corrected chi connectivity index (χ4v) is 4.90. The van der Waals surface area contributed by atoms with Crippen LogP contribution in [0.2, 0.25) is 0 Å². The van der Waals surface area contributed by atoms with Crippen molar-refractivity contribution in [1.29, 1.82) is 0 Å². The Morgan fingerprint density at radius 3 is 1.12 bits per heavy atom. The summed E-state index contributed by atoms with van der Waals surface area (Å²) in [5, 5.41) is 66.5. The van der Waals surface area contributed by atoms with E-state index in [-0.39, 0.29) is 22.5 Å². The first kappa shape index (κ1) is 23.7. The van der Waals surface area contributed by atoms with E-state index in [9.17, 15) is 47.5 Å². The Morgan fingerprint density at radius 1 is 0.656 bits per heavy atom. The Kier molecular flexibility index (Phi) is 5.84. The molecule has 14 heteroatoms. The molecule has 1 fully saturated rings. The first-order valence-electron chi connectivity index (χ1n) is 8.98. The summed E-state index contributed by atoms with van der Waals surface area (Å²) in [5.74, 6) is -5.63. The third-order valence-electron chi connectivity index (χ3n) is 4.96. The van der Waals surface area contributed by atoms with Gasteiger partial charge >= 0.3 is 0 Å². The second kappa shape index (κ2) is 7.88. The number of rotatable bonds is 6. The summed E-state index contributed by atoms with van der Waals surface area (Å²) < 4.78 is 49.4. The summed E-state index contributed by atoms with van der Waals surface area (Å²) in [6, 6.07) is 3.74. The molecule has 0 atom stereocenters. The van der Waals surface area contributed by atoms with E-state index in [1.807, 2.05) is 9.44 Å². The van der Waals surface area contributed by atoms with Crippen LogP contribution in [0.25, 0.3) is 0 Å². The second-order valence-corrected chi connectivity index (χ2v) is 11.1. The van der Waals surface area contributed by atoms with Gasteiger partial charge in [0.15, 0.2) is 0 Å². The molecule has 2 aromatic rings. The quantitative estimate of drug-likeness (QED) is 0.279. The first-order valence-corrected chi connectivity index (χ1v) is 12.8. The lowest BCUT2D eigenvalue weighted by Crippen LogP contribution is -2.63. The lowest BCUT2D eigenvalue weighted by molar-refractivity contribution is -0.536. The largest absolute Gasteiger partial charge is 0.851 e. The molecule has 0 amide bonds. The van der Waals surface area contributed by atoms with Crippen molar-refractivity contribution < 1.29 is 47.5 Å². The normalized spacial score (nSPS) is 23.4. The van der Waals surface area contributed by atoms with Gasteiger partial charge in [0.05, 0.1) is 23.9 Å². The van der Waals surface area contributed by atoms with Crippen molar-refractivity contribution in [3.05, 3.63) is 35.4 Å². The molecule has 32 heavy (non-hydrogen) atoms. The lowest BCUT2D eigenvalue weighted by atomic mass is 9.62. The Morgan fingerprint density at radius 2 is 0.906 bits per heavy atom. The molecule has 6 N–H and O–H groups in total. The molecule has 0 bridgehead atoms. The molecule has 176 valence electrons. The van der Waals surface area contributed by atoms with Gasteiger partial charge in [0.2, 0.25) is 20.0 Å². The molecular weight excluding hydrogens is 468 g/mol. The van der Waals surface area contributed by atoms with Gasteiger partial charge in [-0.2, -0.15) is 0 Å². The number of anilines is 2. The number of nitrogens with one attached hydrogen (secondary N) is 2. The smallest absolute Gasteiger partial charge is 0.229 e. The molecule has 0 aromatic heterocycles. The summed E-state index contributed by atoms with van der Waals surface area (Å²) >= 11 is 0. The van der Waals surface area contributed by atoms with Gasteiger partial charge in [-0.05, 0) is 11.8 Å². The lowest BCUT2D eigenvalue weighted by Gasteiger charge is -2.61. The molecule has 1 aliphatic carbocycles. The molecule has 0 unspecified atom stereocenters. The maximum Gasteiger partial charge on any atom is 0.229 e. The fourth-order valence-electron chi connectivity index (χ4n) is 3.81. The van der Waals surface area contributed by atoms with Crippen LogP contribution in [-0.4, -0.2) is 62.0 Å². The van der Waals surface area contributed by atoms with Crippen LogP contribution < -0.4 is 19.7 Å².